The Bertz CT molecular complexity index is 658. The first-order chi connectivity index (χ1) is 13.7. The molecule has 0 aromatic carbocycles. The molecule has 2 aliphatic heterocycles. The van der Waals surface area contributed by atoms with Crippen LogP contribution >= 0.6 is 12.8 Å². The summed E-state index contributed by atoms with van der Waals surface area (Å²) in [6.07, 6.45) is 1.47. The van der Waals surface area contributed by atoms with E-state index in [0.29, 0.717) is 38.1 Å². The van der Waals surface area contributed by atoms with Crippen molar-refractivity contribution in [1.82, 2.24) is 24.7 Å². The van der Waals surface area contributed by atoms with Gasteiger partial charge in [-0.3, -0.25) is 5.43 Å². The Labute approximate surface area is 175 Å². The lowest BCUT2D eigenvalue weighted by Gasteiger charge is -2.37. The zero-order valence-corrected chi connectivity index (χ0v) is 17.3. The SMILES string of the molecule is CNC(=O)N(S)Nc1nc(N2CC(N)CC(N)C2)nc(N2CC(N)CC(N)C2)n1. The quantitative estimate of drug-likeness (QED) is 0.197. The monoisotopic (exact) mass is 426 g/mol. The molecule has 14 heteroatoms. The number of piperidine rings is 2. The zero-order chi connectivity index (χ0) is 21.1. The normalized spacial score (nSPS) is 27.5. The van der Waals surface area contributed by atoms with E-state index in [1.54, 1.807) is 0 Å². The van der Waals surface area contributed by atoms with Crippen LogP contribution in [0.3, 0.4) is 0 Å². The number of hydrogen-bond donors (Lipinski definition) is 7. The second kappa shape index (κ2) is 9.13. The van der Waals surface area contributed by atoms with Gasteiger partial charge in [0.25, 0.3) is 0 Å². The third kappa shape index (κ3) is 5.48. The van der Waals surface area contributed by atoms with Crippen molar-refractivity contribution in [3.05, 3.63) is 0 Å². The van der Waals surface area contributed by atoms with Gasteiger partial charge in [0.2, 0.25) is 17.8 Å². The summed E-state index contributed by atoms with van der Waals surface area (Å²) in [5.41, 5.74) is 27.2. The van der Waals surface area contributed by atoms with Crippen LogP contribution in [0.1, 0.15) is 12.8 Å². The van der Waals surface area contributed by atoms with Crippen molar-refractivity contribution < 1.29 is 4.79 Å². The van der Waals surface area contributed by atoms with Crippen molar-refractivity contribution in [1.29, 1.82) is 0 Å². The topological polar surface area (TPSA) is 194 Å². The number of thiol groups is 1. The van der Waals surface area contributed by atoms with Gasteiger partial charge in [-0.25, -0.2) is 4.79 Å². The van der Waals surface area contributed by atoms with E-state index in [1.165, 1.54) is 7.05 Å². The third-order valence-electron chi connectivity index (χ3n) is 4.82. The van der Waals surface area contributed by atoms with Gasteiger partial charge >= 0.3 is 6.03 Å². The molecule has 162 valence electrons. The summed E-state index contributed by atoms with van der Waals surface area (Å²) >= 11 is 4.10. The predicted molar refractivity (Wildman–Crippen MR) is 114 cm³/mol. The molecular weight excluding hydrogens is 396 g/mol. The van der Waals surface area contributed by atoms with Crippen molar-refractivity contribution >= 4 is 36.7 Å². The number of hydrazine groups is 1. The molecule has 0 saturated carbocycles. The minimum absolute atomic E-state index is 0.0838. The van der Waals surface area contributed by atoms with Crippen molar-refractivity contribution in [2.75, 3.05) is 48.5 Å². The molecule has 0 bridgehead atoms. The van der Waals surface area contributed by atoms with Crippen LogP contribution < -0.4 is 43.5 Å². The lowest BCUT2D eigenvalue weighted by Crippen LogP contribution is -2.54. The number of nitrogens with two attached hydrogens (primary N) is 4. The molecule has 2 amide bonds. The number of nitrogens with zero attached hydrogens (tertiary/aromatic N) is 6. The molecule has 0 spiro atoms. The average molecular weight is 427 g/mol. The number of aromatic nitrogens is 3. The summed E-state index contributed by atoms with van der Waals surface area (Å²) in [6, 6.07) is -0.807. The molecule has 0 aliphatic carbocycles. The first kappa shape index (κ1) is 21.6. The molecule has 4 unspecified atom stereocenters. The lowest BCUT2D eigenvalue weighted by molar-refractivity contribution is 0.232. The molecule has 13 nitrogen and oxygen atoms in total. The molecule has 3 heterocycles. The smallest absolute Gasteiger partial charge is 0.339 e. The molecular formula is C15H30N12OS. The fourth-order valence-electron chi connectivity index (χ4n) is 3.62. The van der Waals surface area contributed by atoms with Gasteiger partial charge in [-0.05, 0) is 25.7 Å². The van der Waals surface area contributed by atoms with Crippen LogP contribution in [0.15, 0.2) is 0 Å². The second-order valence-corrected chi connectivity index (χ2v) is 7.96. The maximum Gasteiger partial charge on any atom is 0.346 e. The summed E-state index contributed by atoms with van der Waals surface area (Å²) in [7, 11) is 1.49. The molecule has 2 fully saturated rings. The highest BCUT2D eigenvalue weighted by Gasteiger charge is 2.29. The summed E-state index contributed by atoms with van der Waals surface area (Å²) < 4.78 is 0.949. The van der Waals surface area contributed by atoms with E-state index in [-0.39, 0.29) is 30.1 Å². The standard InChI is InChI=1S/C15H30N12OS/c1-20-15(28)27(29)24-12-21-13(25-4-8(16)2-9(17)5-25)23-14(22-12)26-6-10(18)3-11(19)7-26/h8-11,29H,2-7,16-19H2,1H3,(H,20,28)(H,21,22,23,24). The number of carbonyl (C=O) groups is 1. The van der Waals surface area contributed by atoms with E-state index in [9.17, 15) is 4.79 Å². The van der Waals surface area contributed by atoms with Crippen LogP contribution in [0.5, 0.6) is 0 Å². The number of amides is 2. The predicted octanol–water partition coefficient (Wildman–Crippen LogP) is -2.59. The molecule has 2 saturated heterocycles. The molecule has 4 atom stereocenters. The van der Waals surface area contributed by atoms with Crippen molar-refractivity contribution in [2.24, 2.45) is 22.9 Å². The van der Waals surface area contributed by atoms with E-state index in [1.807, 2.05) is 9.80 Å². The van der Waals surface area contributed by atoms with E-state index in [0.717, 1.165) is 17.3 Å². The molecule has 3 rings (SSSR count). The Kier molecular flexibility index (Phi) is 6.79. The van der Waals surface area contributed by atoms with Crippen molar-refractivity contribution in [3.63, 3.8) is 0 Å². The largest absolute Gasteiger partial charge is 0.346 e. The van der Waals surface area contributed by atoms with E-state index in [2.05, 4.69) is 38.5 Å². The maximum atomic E-state index is 11.8. The van der Waals surface area contributed by atoms with Crippen LogP contribution in [0, 0.1) is 0 Å². The number of urea groups is 1. The fraction of sp³-hybridized carbons (Fsp3) is 0.733. The Morgan fingerprint density at radius 1 is 0.931 bits per heavy atom. The van der Waals surface area contributed by atoms with Gasteiger partial charge in [0.05, 0.1) is 0 Å². The highest BCUT2D eigenvalue weighted by Crippen LogP contribution is 2.22. The van der Waals surface area contributed by atoms with Crippen LogP contribution in [-0.4, -0.2) is 82.8 Å². The van der Waals surface area contributed by atoms with E-state index in [4.69, 9.17) is 22.9 Å². The highest BCUT2D eigenvalue weighted by molar-refractivity contribution is 7.78. The lowest BCUT2D eigenvalue weighted by atomic mass is 10.0. The van der Waals surface area contributed by atoms with E-state index < -0.39 is 6.03 Å². The van der Waals surface area contributed by atoms with Crippen LogP contribution in [-0.2, 0) is 0 Å². The first-order valence-corrected chi connectivity index (χ1v) is 9.90. The average Bonchev–Trinajstić information content (AvgIpc) is 2.65. The summed E-state index contributed by atoms with van der Waals surface area (Å²) in [5.74, 6) is 0.980. The number of hydrogen-bond acceptors (Lipinski definition) is 12. The molecule has 29 heavy (non-hydrogen) atoms. The van der Waals surface area contributed by atoms with Crippen molar-refractivity contribution in [2.45, 2.75) is 37.0 Å². The maximum absolute atomic E-state index is 11.8. The number of rotatable bonds is 4. The van der Waals surface area contributed by atoms with Gasteiger partial charge in [0.15, 0.2) is 0 Å². The minimum atomic E-state index is -0.471. The molecule has 10 N–H and O–H groups in total. The van der Waals surface area contributed by atoms with E-state index >= 15 is 0 Å². The fourth-order valence-corrected chi connectivity index (χ4v) is 3.81. The number of anilines is 3. The van der Waals surface area contributed by atoms with Gasteiger partial charge in [-0.2, -0.15) is 19.4 Å². The highest BCUT2D eigenvalue weighted by atomic mass is 32.1. The van der Waals surface area contributed by atoms with Gasteiger partial charge in [0, 0.05) is 57.4 Å². The van der Waals surface area contributed by atoms with Crippen LogP contribution in [0.25, 0.3) is 0 Å². The summed E-state index contributed by atoms with van der Waals surface area (Å²) in [5, 5.41) is 2.45. The third-order valence-corrected chi connectivity index (χ3v) is 5.10. The molecule has 2 aliphatic rings. The summed E-state index contributed by atoms with van der Waals surface area (Å²) in [4.78, 5) is 29.1. The van der Waals surface area contributed by atoms with Crippen LogP contribution in [0.4, 0.5) is 22.6 Å². The van der Waals surface area contributed by atoms with Crippen molar-refractivity contribution in [3.8, 4) is 0 Å². The van der Waals surface area contributed by atoms with Gasteiger partial charge in [-0.1, -0.05) is 0 Å². The zero-order valence-electron chi connectivity index (χ0n) is 16.4. The molecule has 1 aromatic rings. The van der Waals surface area contributed by atoms with Gasteiger partial charge < -0.3 is 38.1 Å². The molecule has 0 radical (unpaired) electrons. The van der Waals surface area contributed by atoms with Crippen LogP contribution in [0.2, 0.25) is 0 Å². The summed E-state index contributed by atoms with van der Waals surface area (Å²) in [6.45, 7) is 2.26. The second-order valence-electron chi connectivity index (χ2n) is 7.56. The van der Waals surface area contributed by atoms with Gasteiger partial charge in [-0.15, -0.1) is 0 Å². The Balaban J connectivity index is 1.92. The minimum Gasteiger partial charge on any atom is -0.339 e. The van der Waals surface area contributed by atoms with Gasteiger partial charge in [0.1, 0.15) is 0 Å². The Morgan fingerprint density at radius 2 is 1.34 bits per heavy atom. The Hall–Kier alpha value is -2.13. The first-order valence-electron chi connectivity index (χ1n) is 9.50. The number of carbonyl (C=O) groups excluding carboxylic acids is 1. The number of nitrogens with one attached hydrogen (secondary N) is 2. The Morgan fingerprint density at radius 3 is 1.72 bits per heavy atom. The molecule has 1 aromatic heterocycles.